The molecular weight excluding hydrogens is 308 g/mol. The van der Waals surface area contributed by atoms with E-state index in [4.69, 9.17) is 9.15 Å². The lowest BCUT2D eigenvalue weighted by molar-refractivity contribution is -0.0296. The molecular formula is C18H22N2O4. The van der Waals surface area contributed by atoms with E-state index < -0.39 is 11.5 Å². The maximum absolute atomic E-state index is 12.2. The van der Waals surface area contributed by atoms with Crippen molar-refractivity contribution in [1.82, 2.24) is 10.2 Å². The number of carbonyl (C=O) groups excluding carboxylic acids is 1. The Kier molecular flexibility index (Phi) is 5.27. The molecule has 0 saturated carbocycles. The van der Waals surface area contributed by atoms with Crippen molar-refractivity contribution >= 4 is 16.9 Å². The second-order valence-corrected chi connectivity index (χ2v) is 5.92. The SMILES string of the molecule is CCN1CCO[C@H](CCNC(=O)c2cc3ccccc3oc2=O)C1. The highest BCUT2D eigenvalue weighted by Crippen LogP contribution is 2.12. The monoisotopic (exact) mass is 330 g/mol. The number of morpholine rings is 1. The number of benzene rings is 1. The van der Waals surface area contributed by atoms with Crippen molar-refractivity contribution in [2.45, 2.75) is 19.4 Å². The van der Waals surface area contributed by atoms with Crippen LogP contribution in [0.3, 0.4) is 0 Å². The van der Waals surface area contributed by atoms with E-state index in [0.29, 0.717) is 12.1 Å². The summed E-state index contributed by atoms with van der Waals surface area (Å²) in [6.07, 6.45) is 0.841. The summed E-state index contributed by atoms with van der Waals surface area (Å²) in [4.78, 5) is 26.5. The zero-order valence-electron chi connectivity index (χ0n) is 13.8. The molecule has 0 aliphatic carbocycles. The molecule has 1 aliphatic rings. The number of nitrogens with zero attached hydrogens (tertiary/aromatic N) is 1. The van der Waals surface area contributed by atoms with E-state index in [1.54, 1.807) is 18.2 Å². The van der Waals surface area contributed by atoms with E-state index in [0.717, 1.165) is 38.0 Å². The molecule has 0 spiro atoms. The molecule has 6 nitrogen and oxygen atoms in total. The summed E-state index contributed by atoms with van der Waals surface area (Å²) < 4.78 is 10.9. The molecule has 1 aromatic heterocycles. The second kappa shape index (κ2) is 7.59. The quantitative estimate of drug-likeness (QED) is 0.844. The summed E-state index contributed by atoms with van der Waals surface area (Å²) in [5, 5.41) is 3.52. The minimum absolute atomic E-state index is 0.0356. The molecule has 1 aliphatic heterocycles. The number of hydrogen-bond donors (Lipinski definition) is 1. The van der Waals surface area contributed by atoms with Crippen LogP contribution in [0.2, 0.25) is 0 Å². The van der Waals surface area contributed by atoms with Gasteiger partial charge in [0, 0.05) is 25.0 Å². The van der Waals surface area contributed by atoms with E-state index >= 15 is 0 Å². The van der Waals surface area contributed by atoms with E-state index in [-0.39, 0.29) is 11.7 Å². The molecule has 24 heavy (non-hydrogen) atoms. The third-order valence-electron chi connectivity index (χ3n) is 4.31. The Bertz CT molecular complexity index is 771. The highest BCUT2D eigenvalue weighted by molar-refractivity contribution is 5.96. The first-order valence-electron chi connectivity index (χ1n) is 8.32. The van der Waals surface area contributed by atoms with Crippen LogP contribution in [0.5, 0.6) is 0 Å². The van der Waals surface area contributed by atoms with Crippen LogP contribution in [-0.2, 0) is 4.74 Å². The molecule has 2 heterocycles. The van der Waals surface area contributed by atoms with Crippen LogP contribution in [-0.4, -0.2) is 49.7 Å². The summed E-state index contributed by atoms with van der Waals surface area (Å²) >= 11 is 0. The minimum atomic E-state index is -0.614. The number of carbonyl (C=O) groups is 1. The Labute approximate surface area is 140 Å². The van der Waals surface area contributed by atoms with Gasteiger partial charge in [-0.25, -0.2) is 4.79 Å². The fourth-order valence-electron chi connectivity index (χ4n) is 2.90. The van der Waals surface area contributed by atoms with Gasteiger partial charge in [0.25, 0.3) is 5.91 Å². The zero-order chi connectivity index (χ0) is 16.9. The van der Waals surface area contributed by atoms with Crippen molar-refractivity contribution in [2.24, 2.45) is 0 Å². The topological polar surface area (TPSA) is 71.8 Å². The van der Waals surface area contributed by atoms with E-state index in [1.165, 1.54) is 0 Å². The van der Waals surface area contributed by atoms with Gasteiger partial charge in [0.2, 0.25) is 0 Å². The van der Waals surface area contributed by atoms with Gasteiger partial charge in [-0.2, -0.15) is 0 Å². The van der Waals surface area contributed by atoms with E-state index in [2.05, 4.69) is 17.1 Å². The van der Waals surface area contributed by atoms with E-state index in [9.17, 15) is 9.59 Å². The summed E-state index contributed by atoms with van der Waals surface area (Å²) in [5.74, 6) is -0.405. The van der Waals surface area contributed by atoms with Crippen molar-refractivity contribution < 1.29 is 13.9 Å². The minimum Gasteiger partial charge on any atom is -0.422 e. The largest absolute Gasteiger partial charge is 0.422 e. The number of rotatable bonds is 5. The van der Waals surface area contributed by atoms with Gasteiger partial charge < -0.3 is 14.5 Å². The first kappa shape index (κ1) is 16.7. The molecule has 1 saturated heterocycles. The first-order chi connectivity index (χ1) is 11.7. The molecule has 1 N–H and O–H groups in total. The maximum Gasteiger partial charge on any atom is 0.349 e. The van der Waals surface area contributed by atoms with Crippen LogP contribution in [0.1, 0.15) is 23.7 Å². The van der Waals surface area contributed by atoms with Gasteiger partial charge in [-0.15, -0.1) is 0 Å². The third-order valence-corrected chi connectivity index (χ3v) is 4.31. The van der Waals surface area contributed by atoms with Crippen LogP contribution >= 0.6 is 0 Å². The fourth-order valence-corrected chi connectivity index (χ4v) is 2.90. The highest BCUT2D eigenvalue weighted by Gasteiger charge is 2.19. The first-order valence-corrected chi connectivity index (χ1v) is 8.32. The summed E-state index contributed by atoms with van der Waals surface area (Å²) in [7, 11) is 0. The van der Waals surface area contributed by atoms with Gasteiger partial charge in [0.15, 0.2) is 0 Å². The lowest BCUT2D eigenvalue weighted by Crippen LogP contribution is -2.43. The molecule has 1 amide bonds. The molecule has 0 bridgehead atoms. The van der Waals surface area contributed by atoms with E-state index in [1.807, 2.05) is 12.1 Å². The number of ether oxygens (including phenoxy) is 1. The number of hydrogen-bond acceptors (Lipinski definition) is 5. The van der Waals surface area contributed by atoms with Crippen LogP contribution in [0.25, 0.3) is 11.0 Å². The van der Waals surface area contributed by atoms with Gasteiger partial charge in [-0.05, 0) is 25.1 Å². The lowest BCUT2D eigenvalue weighted by Gasteiger charge is -2.32. The van der Waals surface area contributed by atoms with Crippen molar-refractivity contribution in [3.05, 3.63) is 46.3 Å². The number of likely N-dealkylation sites (N-methyl/N-ethyl adjacent to an activating group) is 1. The third kappa shape index (κ3) is 3.83. The van der Waals surface area contributed by atoms with Gasteiger partial charge in [0.1, 0.15) is 11.1 Å². The van der Waals surface area contributed by atoms with Crippen molar-refractivity contribution in [3.63, 3.8) is 0 Å². The average Bonchev–Trinajstić information content (AvgIpc) is 2.61. The standard InChI is InChI=1S/C18H22N2O4/c1-2-20-9-10-23-14(12-20)7-8-19-17(21)15-11-13-5-3-4-6-16(13)24-18(15)22/h3-6,11,14H,2,7-10,12H2,1H3,(H,19,21)/t14-/m1/s1. The number of nitrogens with one attached hydrogen (secondary N) is 1. The van der Waals surface area contributed by atoms with Crippen molar-refractivity contribution in [2.75, 3.05) is 32.8 Å². The molecule has 3 rings (SSSR count). The lowest BCUT2D eigenvalue weighted by atomic mass is 10.1. The highest BCUT2D eigenvalue weighted by atomic mass is 16.5. The van der Waals surface area contributed by atoms with Crippen LogP contribution < -0.4 is 10.9 Å². The van der Waals surface area contributed by atoms with Crippen molar-refractivity contribution in [1.29, 1.82) is 0 Å². The summed E-state index contributed by atoms with van der Waals surface area (Å²) in [6, 6.07) is 8.72. The Hall–Kier alpha value is -2.18. The van der Waals surface area contributed by atoms with Gasteiger partial charge >= 0.3 is 5.63 Å². The number of amides is 1. The molecule has 1 atom stereocenters. The second-order valence-electron chi connectivity index (χ2n) is 5.92. The Morgan fingerprint density at radius 1 is 1.38 bits per heavy atom. The van der Waals surface area contributed by atoms with Crippen LogP contribution in [0.4, 0.5) is 0 Å². The Morgan fingerprint density at radius 2 is 2.21 bits per heavy atom. The molecule has 0 unspecified atom stereocenters. The predicted molar refractivity (Wildman–Crippen MR) is 91.3 cm³/mol. The Morgan fingerprint density at radius 3 is 3.04 bits per heavy atom. The van der Waals surface area contributed by atoms with Crippen LogP contribution in [0.15, 0.2) is 39.5 Å². The average molecular weight is 330 g/mol. The zero-order valence-corrected chi connectivity index (χ0v) is 13.8. The molecule has 1 aromatic carbocycles. The molecule has 0 radical (unpaired) electrons. The molecule has 1 fully saturated rings. The van der Waals surface area contributed by atoms with Crippen LogP contribution in [0, 0.1) is 0 Å². The van der Waals surface area contributed by atoms with Crippen molar-refractivity contribution in [3.8, 4) is 0 Å². The predicted octanol–water partition coefficient (Wildman–Crippen LogP) is 1.63. The fraction of sp³-hybridized carbons (Fsp3) is 0.444. The molecule has 6 heteroatoms. The normalized spacial score (nSPS) is 18.6. The summed E-state index contributed by atoms with van der Waals surface area (Å²) in [6.45, 7) is 6.16. The number of para-hydroxylation sites is 1. The summed E-state index contributed by atoms with van der Waals surface area (Å²) in [5.41, 5.74) is -0.0972. The Balaban J connectivity index is 1.59. The van der Waals surface area contributed by atoms with Gasteiger partial charge in [-0.3, -0.25) is 9.69 Å². The maximum atomic E-state index is 12.2. The van der Waals surface area contributed by atoms with Gasteiger partial charge in [-0.1, -0.05) is 25.1 Å². The van der Waals surface area contributed by atoms with Gasteiger partial charge in [0.05, 0.1) is 12.7 Å². The smallest absolute Gasteiger partial charge is 0.349 e. The molecule has 2 aromatic rings. The number of fused-ring (bicyclic) bond motifs is 1. The molecule has 128 valence electrons.